The molecule has 0 atom stereocenters. The minimum absolute atomic E-state index is 0.0489. The third kappa shape index (κ3) is 3.45. The van der Waals surface area contributed by atoms with Crippen LogP contribution in [0.3, 0.4) is 0 Å². The Morgan fingerprint density at radius 2 is 1.80 bits per heavy atom. The van der Waals surface area contributed by atoms with Crippen LogP contribution in [0.15, 0.2) is 52.3 Å². The smallest absolute Gasteiger partial charge is 0.417 e. The Bertz CT molecular complexity index is 610. The Hall–Kier alpha value is -1.69. The van der Waals surface area contributed by atoms with Crippen LogP contribution < -0.4 is 4.74 Å². The van der Waals surface area contributed by atoms with Crippen molar-refractivity contribution in [2.75, 3.05) is 7.11 Å². The van der Waals surface area contributed by atoms with Crippen LogP contribution in [0.4, 0.5) is 17.6 Å². The van der Waals surface area contributed by atoms with Gasteiger partial charge in [-0.3, -0.25) is 0 Å². The fourth-order valence-electron chi connectivity index (χ4n) is 1.60. The average Bonchev–Trinajstić information content (AvgIpc) is 2.40. The molecule has 0 amide bonds. The Kier molecular flexibility index (Phi) is 4.23. The molecule has 0 N–H and O–H groups in total. The molecule has 0 aromatic heterocycles. The first-order chi connectivity index (χ1) is 9.40. The molecule has 6 heteroatoms. The molecule has 0 bridgehead atoms. The van der Waals surface area contributed by atoms with Crippen LogP contribution in [-0.4, -0.2) is 7.11 Å². The average molecular weight is 302 g/mol. The lowest BCUT2D eigenvalue weighted by atomic mass is 10.2. The molecular weight excluding hydrogens is 292 g/mol. The Morgan fingerprint density at radius 1 is 1.05 bits per heavy atom. The maximum atomic E-state index is 13.0. The third-order valence-corrected chi connectivity index (χ3v) is 3.58. The molecule has 106 valence electrons. The molecule has 0 unspecified atom stereocenters. The molecule has 1 nitrogen and oxygen atoms in total. The summed E-state index contributed by atoms with van der Waals surface area (Å²) in [5, 5.41) is 0. The molecule has 0 heterocycles. The van der Waals surface area contributed by atoms with Gasteiger partial charge in [0.15, 0.2) is 0 Å². The zero-order valence-corrected chi connectivity index (χ0v) is 11.2. The van der Waals surface area contributed by atoms with E-state index in [4.69, 9.17) is 4.74 Å². The van der Waals surface area contributed by atoms with E-state index < -0.39 is 17.6 Å². The zero-order valence-electron chi connectivity index (χ0n) is 10.4. The van der Waals surface area contributed by atoms with Gasteiger partial charge in [-0.1, -0.05) is 17.8 Å². The maximum absolute atomic E-state index is 13.0. The van der Waals surface area contributed by atoms with E-state index in [-0.39, 0.29) is 4.90 Å². The van der Waals surface area contributed by atoms with Gasteiger partial charge in [-0.05, 0) is 36.4 Å². The first-order valence-electron chi connectivity index (χ1n) is 5.59. The van der Waals surface area contributed by atoms with Gasteiger partial charge in [0.25, 0.3) is 0 Å². The molecule has 20 heavy (non-hydrogen) atoms. The minimum atomic E-state index is -4.59. The summed E-state index contributed by atoms with van der Waals surface area (Å²) in [4.78, 5) is 0.536. The van der Waals surface area contributed by atoms with Gasteiger partial charge in [-0.15, -0.1) is 0 Å². The third-order valence-electron chi connectivity index (χ3n) is 2.52. The first-order valence-corrected chi connectivity index (χ1v) is 6.40. The molecule has 0 spiro atoms. The van der Waals surface area contributed by atoms with Crippen LogP contribution in [0.2, 0.25) is 0 Å². The van der Waals surface area contributed by atoms with Crippen molar-refractivity contribution >= 4 is 11.8 Å². The largest absolute Gasteiger partial charge is 0.497 e. The van der Waals surface area contributed by atoms with E-state index in [1.54, 1.807) is 24.3 Å². The van der Waals surface area contributed by atoms with E-state index in [1.807, 2.05) is 0 Å². The maximum Gasteiger partial charge on any atom is 0.417 e. The molecule has 0 aliphatic carbocycles. The summed E-state index contributed by atoms with van der Waals surface area (Å²) < 4.78 is 56.6. The van der Waals surface area contributed by atoms with E-state index >= 15 is 0 Å². The number of benzene rings is 2. The van der Waals surface area contributed by atoms with Gasteiger partial charge in [-0.25, -0.2) is 4.39 Å². The lowest BCUT2D eigenvalue weighted by Crippen LogP contribution is -2.07. The second-order valence-corrected chi connectivity index (χ2v) is 5.03. The van der Waals surface area contributed by atoms with Crippen molar-refractivity contribution in [3.8, 4) is 5.75 Å². The molecule has 0 aliphatic heterocycles. The molecule has 0 radical (unpaired) electrons. The Balaban J connectivity index is 2.38. The van der Waals surface area contributed by atoms with Crippen LogP contribution in [0.5, 0.6) is 5.75 Å². The van der Waals surface area contributed by atoms with E-state index in [9.17, 15) is 17.6 Å². The van der Waals surface area contributed by atoms with Gasteiger partial charge in [0.2, 0.25) is 0 Å². The fourth-order valence-corrected chi connectivity index (χ4v) is 2.60. The van der Waals surface area contributed by atoms with Gasteiger partial charge in [0, 0.05) is 9.79 Å². The van der Waals surface area contributed by atoms with Crippen molar-refractivity contribution in [1.29, 1.82) is 0 Å². The number of methoxy groups -OCH3 is 1. The fraction of sp³-hybridized carbons (Fsp3) is 0.143. The lowest BCUT2D eigenvalue weighted by Gasteiger charge is -2.12. The standard InChI is InChI=1S/C14H10F4OS/c1-19-10-3-2-4-11(8-10)20-13-6-5-9(15)7-12(13)14(16,17)18/h2-8H,1H3. The van der Waals surface area contributed by atoms with Crippen molar-refractivity contribution in [1.82, 2.24) is 0 Å². The van der Waals surface area contributed by atoms with Crippen molar-refractivity contribution in [2.24, 2.45) is 0 Å². The van der Waals surface area contributed by atoms with Crippen LogP contribution >= 0.6 is 11.8 Å². The number of hydrogen-bond donors (Lipinski definition) is 0. The van der Waals surface area contributed by atoms with E-state index in [2.05, 4.69) is 0 Å². The van der Waals surface area contributed by atoms with Crippen LogP contribution in [0.25, 0.3) is 0 Å². The summed E-state index contributed by atoms with van der Waals surface area (Å²) in [5.74, 6) is -0.363. The molecule has 2 aromatic rings. The zero-order chi connectivity index (χ0) is 14.8. The number of halogens is 4. The number of rotatable bonds is 3. The Labute approximate surface area is 117 Å². The topological polar surface area (TPSA) is 9.23 Å². The summed E-state index contributed by atoms with van der Waals surface area (Å²) in [6.07, 6.45) is -4.59. The van der Waals surface area contributed by atoms with E-state index in [1.165, 1.54) is 7.11 Å². The second kappa shape index (κ2) is 5.75. The number of ether oxygens (including phenoxy) is 1. The quantitative estimate of drug-likeness (QED) is 0.738. The molecule has 0 fully saturated rings. The summed E-state index contributed by atoms with van der Waals surface area (Å²) in [5.41, 5.74) is -0.981. The van der Waals surface area contributed by atoms with Gasteiger partial charge < -0.3 is 4.74 Å². The van der Waals surface area contributed by atoms with Gasteiger partial charge >= 0.3 is 6.18 Å². The van der Waals surface area contributed by atoms with Crippen LogP contribution in [-0.2, 0) is 6.18 Å². The molecule has 0 saturated carbocycles. The molecule has 0 aliphatic rings. The van der Waals surface area contributed by atoms with Crippen molar-refractivity contribution in [2.45, 2.75) is 16.0 Å². The second-order valence-electron chi connectivity index (χ2n) is 3.92. The number of alkyl halides is 3. The SMILES string of the molecule is COc1cccc(Sc2ccc(F)cc2C(F)(F)F)c1. The van der Waals surface area contributed by atoms with Crippen LogP contribution in [0.1, 0.15) is 5.56 Å². The Morgan fingerprint density at radius 3 is 2.45 bits per heavy atom. The minimum Gasteiger partial charge on any atom is -0.497 e. The molecule has 2 rings (SSSR count). The highest BCUT2D eigenvalue weighted by Crippen LogP contribution is 2.40. The van der Waals surface area contributed by atoms with Gasteiger partial charge in [-0.2, -0.15) is 13.2 Å². The highest BCUT2D eigenvalue weighted by molar-refractivity contribution is 7.99. The summed E-state index contributed by atoms with van der Waals surface area (Å²) in [7, 11) is 1.48. The van der Waals surface area contributed by atoms with Crippen molar-refractivity contribution < 1.29 is 22.3 Å². The molecular formula is C14H10F4OS. The molecule has 0 saturated heterocycles. The van der Waals surface area contributed by atoms with Crippen molar-refractivity contribution in [3.63, 3.8) is 0 Å². The van der Waals surface area contributed by atoms with Crippen LogP contribution in [0, 0.1) is 5.82 Å². The van der Waals surface area contributed by atoms with Gasteiger partial charge in [0.05, 0.1) is 12.7 Å². The van der Waals surface area contributed by atoms with E-state index in [0.29, 0.717) is 16.7 Å². The van der Waals surface area contributed by atoms with Gasteiger partial charge in [0.1, 0.15) is 11.6 Å². The number of hydrogen-bond acceptors (Lipinski definition) is 2. The highest BCUT2D eigenvalue weighted by atomic mass is 32.2. The predicted octanol–water partition coefficient (Wildman–Crippen LogP) is 5.00. The predicted molar refractivity (Wildman–Crippen MR) is 68.5 cm³/mol. The van der Waals surface area contributed by atoms with E-state index in [0.717, 1.165) is 23.9 Å². The summed E-state index contributed by atoms with van der Waals surface area (Å²) in [6, 6.07) is 9.30. The summed E-state index contributed by atoms with van der Waals surface area (Å²) >= 11 is 0.913. The lowest BCUT2D eigenvalue weighted by molar-refractivity contribution is -0.139. The van der Waals surface area contributed by atoms with Crippen molar-refractivity contribution in [3.05, 3.63) is 53.8 Å². The normalized spacial score (nSPS) is 11.4. The molecule has 2 aromatic carbocycles. The highest BCUT2D eigenvalue weighted by Gasteiger charge is 2.34. The monoisotopic (exact) mass is 302 g/mol. The first kappa shape index (κ1) is 14.7. The summed E-state index contributed by atoms with van der Waals surface area (Å²) in [6.45, 7) is 0.